The van der Waals surface area contributed by atoms with Gasteiger partial charge in [-0.2, -0.15) is 21.6 Å². The van der Waals surface area contributed by atoms with Gasteiger partial charge in [-0.1, -0.05) is 47.1 Å². The molecule has 34 heavy (non-hydrogen) atoms. The Bertz CT molecular complexity index is 1540. The van der Waals surface area contributed by atoms with Crippen LogP contribution in [0.3, 0.4) is 0 Å². The van der Waals surface area contributed by atoms with Crippen LogP contribution in [-0.4, -0.2) is 23.6 Å². The second-order valence-electron chi connectivity index (χ2n) is 7.42. The molecule has 0 bridgehead atoms. The third-order valence-electron chi connectivity index (χ3n) is 5.12. The number of aryl methyl sites for hydroxylation is 2. The summed E-state index contributed by atoms with van der Waals surface area (Å²) in [6, 6.07) is 12.9. The summed E-state index contributed by atoms with van der Waals surface area (Å²) in [5.41, 5.74) is -5.91. The minimum absolute atomic E-state index is 0.0288. The maximum atomic E-state index is 13.7. The van der Waals surface area contributed by atoms with Crippen molar-refractivity contribution in [2.75, 3.05) is 0 Å². The number of pyridine rings is 1. The number of rotatable bonds is 5. The van der Waals surface area contributed by atoms with Crippen molar-refractivity contribution in [3.05, 3.63) is 80.9 Å². The van der Waals surface area contributed by atoms with E-state index in [4.69, 9.17) is 16.1 Å². The monoisotopic (exact) mass is 512 g/mol. The van der Waals surface area contributed by atoms with Crippen LogP contribution in [0.25, 0.3) is 22.0 Å². The van der Waals surface area contributed by atoms with Crippen molar-refractivity contribution in [2.24, 2.45) is 0 Å². The highest BCUT2D eigenvalue weighted by atomic mass is 35.5. The Kier molecular flexibility index (Phi) is 5.94. The third kappa shape index (κ3) is 4.16. The van der Waals surface area contributed by atoms with Crippen LogP contribution in [0, 0.1) is 13.8 Å². The van der Waals surface area contributed by atoms with E-state index in [-0.39, 0.29) is 39.5 Å². The first-order chi connectivity index (χ1) is 15.9. The lowest BCUT2D eigenvalue weighted by Crippen LogP contribution is -2.30. The molecular weight excluding hydrogens is 497 g/mol. The fraction of sp³-hybridized carbons (Fsp3) is 0.182. The van der Waals surface area contributed by atoms with Gasteiger partial charge < -0.3 is 13.3 Å². The summed E-state index contributed by atoms with van der Waals surface area (Å²) in [5.74, 6) is -0.713. The molecule has 0 amide bonds. The molecule has 4 aromatic rings. The van der Waals surface area contributed by atoms with Crippen molar-refractivity contribution in [3.63, 3.8) is 0 Å². The van der Waals surface area contributed by atoms with Crippen LogP contribution in [0.5, 0.6) is 5.75 Å². The summed E-state index contributed by atoms with van der Waals surface area (Å²) in [6.07, 6.45) is 0. The van der Waals surface area contributed by atoms with Crippen molar-refractivity contribution in [2.45, 2.75) is 25.9 Å². The molecule has 178 valence electrons. The highest BCUT2D eigenvalue weighted by Gasteiger charge is 2.49. The first kappa shape index (κ1) is 23.8. The maximum absolute atomic E-state index is 13.7. The van der Waals surface area contributed by atoms with Crippen molar-refractivity contribution in [3.8, 4) is 16.9 Å². The minimum atomic E-state index is -6.13. The van der Waals surface area contributed by atoms with Gasteiger partial charge in [-0.15, -0.1) is 0 Å². The zero-order valence-corrected chi connectivity index (χ0v) is 19.3. The average molecular weight is 513 g/mol. The van der Waals surface area contributed by atoms with Gasteiger partial charge in [-0.3, -0.25) is 4.79 Å². The molecule has 0 atom stereocenters. The predicted molar refractivity (Wildman–Crippen MR) is 119 cm³/mol. The quantitative estimate of drug-likeness (QED) is 0.269. The second kappa shape index (κ2) is 8.48. The van der Waals surface area contributed by atoms with Gasteiger partial charge >= 0.3 is 15.6 Å². The van der Waals surface area contributed by atoms with Crippen molar-refractivity contribution < 1.29 is 30.3 Å². The number of aromatic nitrogens is 2. The SMILES string of the molecule is Cc1noc(C)c1-c1c(OS(=O)(=O)C(F)(F)F)c2cc(Cl)ccc2n(Cc2ccccc2)c1=O. The summed E-state index contributed by atoms with van der Waals surface area (Å²) < 4.78 is 74.7. The molecule has 7 nitrogen and oxygen atoms in total. The summed E-state index contributed by atoms with van der Waals surface area (Å²) in [5, 5.41) is 3.74. The lowest BCUT2D eigenvalue weighted by atomic mass is 10.0. The van der Waals surface area contributed by atoms with E-state index in [0.717, 1.165) is 5.56 Å². The van der Waals surface area contributed by atoms with E-state index >= 15 is 0 Å². The van der Waals surface area contributed by atoms with Gasteiger partial charge in [-0.25, -0.2) is 0 Å². The van der Waals surface area contributed by atoms with Crippen molar-refractivity contribution in [1.82, 2.24) is 9.72 Å². The fourth-order valence-electron chi connectivity index (χ4n) is 3.63. The van der Waals surface area contributed by atoms with E-state index in [2.05, 4.69) is 9.34 Å². The number of nitrogens with zero attached hydrogens (tertiary/aromatic N) is 2. The molecule has 4 rings (SSSR count). The van der Waals surface area contributed by atoms with E-state index in [1.54, 1.807) is 30.3 Å². The number of benzene rings is 2. The summed E-state index contributed by atoms with van der Waals surface area (Å²) in [7, 11) is -6.13. The average Bonchev–Trinajstić information content (AvgIpc) is 3.09. The topological polar surface area (TPSA) is 91.4 Å². The van der Waals surface area contributed by atoms with Crippen LogP contribution in [-0.2, 0) is 16.7 Å². The number of hydrogen-bond acceptors (Lipinski definition) is 6. The van der Waals surface area contributed by atoms with Crippen molar-refractivity contribution >= 4 is 32.6 Å². The molecule has 0 aliphatic carbocycles. The molecule has 2 aromatic carbocycles. The molecular formula is C22H16ClF3N2O5S. The van der Waals surface area contributed by atoms with Gasteiger partial charge in [0.15, 0.2) is 5.75 Å². The number of hydrogen-bond donors (Lipinski definition) is 0. The molecule has 0 aliphatic heterocycles. The lowest BCUT2D eigenvalue weighted by molar-refractivity contribution is -0.0499. The Balaban J connectivity index is 2.15. The Morgan fingerprint density at radius 1 is 1.09 bits per heavy atom. The molecule has 0 N–H and O–H groups in total. The Labute approximate surface area is 196 Å². The molecule has 0 fully saturated rings. The smallest absolute Gasteiger partial charge is 0.374 e. The maximum Gasteiger partial charge on any atom is 0.534 e. The van der Waals surface area contributed by atoms with Gasteiger partial charge in [0.1, 0.15) is 5.76 Å². The molecule has 2 aromatic heterocycles. The van der Waals surface area contributed by atoms with Gasteiger partial charge in [0.2, 0.25) is 0 Å². The van der Waals surface area contributed by atoms with Crippen LogP contribution in [0.15, 0.2) is 57.8 Å². The first-order valence-electron chi connectivity index (χ1n) is 9.74. The van der Waals surface area contributed by atoms with Crippen molar-refractivity contribution in [1.29, 1.82) is 0 Å². The van der Waals surface area contributed by atoms with Crippen LogP contribution in [0.4, 0.5) is 13.2 Å². The largest absolute Gasteiger partial charge is 0.534 e. The third-order valence-corrected chi connectivity index (χ3v) is 6.31. The standard InChI is InChI=1S/C22H16ClF3N2O5S/c1-12-18(13(2)32-27-12)19-20(33-34(30,31)22(24,25)26)16-10-15(23)8-9-17(16)28(21(19)29)11-14-6-4-3-5-7-14/h3-10H,11H2,1-2H3. The molecule has 0 radical (unpaired) electrons. The van der Waals surface area contributed by atoms with Crippen LogP contribution >= 0.6 is 11.6 Å². The predicted octanol–water partition coefficient (Wildman–Crippen LogP) is 5.20. The van der Waals surface area contributed by atoms with E-state index in [1.165, 1.54) is 36.6 Å². The zero-order chi connectivity index (χ0) is 24.8. The number of halogens is 4. The molecule has 0 spiro atoms. The van der Waals surface area contributed by atoms with E-state index in [0.29, 0.717) is 0 Å². The Hall–Kier alpha value is -3.31. The van der Waals surface area contributed by atoms with Crippen LogP contribution in [0.1, 0.15) is 17.0 Å². The van der Waals surface area contributed by atoms with E-state index in [1.807, 2.05) is 0 Å². The second-order valence-corrected chi connectivity index (χ2v) is 9.40. The first-order valence-corrected chi connectivity index (χ1v) is 11.5. The highest BCUT2D eigenvalue weighted by Crippen LogP contribution is 2.40. The number of fused-ring (bicyclic) bond motifs is 1. The van der Waals surface area contributed by atoms with E-state index < -0.39 is 32.5 Å². The molecule has 0 aliphatic rings. The van der Waals surface area contributed by atoms with Gasteiger partial charge in [-0.05, 0) is 37.6 Å². The van der Waals surface area contributed by atoms with E-state index in [9.17, 15) is 26.4 Å². The number of alkyl halides is 3. The molecule has 2 heterocycles. The summed E-state index contributed by atoms with van der Waals surface area (Å²) in [4.78, 5) is 13.7. The summed E-state index contributed by atoms with van der Waals surface area (Å²) >= 11 is 6.10. The minimum Gasteiger partial charge on any atom is -0.374 e. The molecule has 0 saturated carbocycles. The highest BCUT2D eigenvalue weighted by molar-refractivity contribution is 7.88. The Morgan fingerprint density at radius 3 is 2.35 bits per heavy atom. The molecule has 0 saturated heterocycles. The molecule has 12 heteroatoms. The van der Waals surface area contributed by atoms with Gasteiger partial charge in [0.05, 0.1) is 28.9 Å². The normalized spacial score (nSPS) is 12.3. The molecule has 0 unspecified atom stereocenters. The zero-order valence-electron chi connectivity index (χ0n) is 17.7. The summed E-state index contributed by atoms with van der Waals surface area (Å²) in [6.45, 7) is 2.96. The van der Waals surface area contributed by atoms with Crippen LogP contribution < -0.4 is 9.74 Å². The lowest BCUT2D eigenvalue weighted by Gasteiger charge is -2.19. The fourth-order valence-corrected chi connectivity index (χ4v) is 4.29. The Morgan fingerprint density at radius 2 is 1.76 bits per heavy atom. The van der Waals surface area contributed by atoms with Gasteiger partial charge in [0.25, 0.3) is 5.56 Å². The van der Waals surface area contributed by atoms with Crippen LogP contribution in [0.2, 0.25) is 5.02 Å². The van der Waals surface area contributed by atoms with Gasteiger partial charge in [0, 0.05) is 10.4 Å².